The van der Waals surface area contributed by atoms with Gasteiger partial charge in [0.2, 0.25) is 0 Å². The Labute approximate surface area is 216 Å². The predicted octanol–water partition coefficient (Wildman–Crippen LogP) is 5.79. The highest BCUT2D eigenvalue weighted by molar-refractivity contribution is 7.11. The third-order valence-corrected chi connectivity index (χ3v) is 7.52. The number of pyridine rings is 1. The third-order valence-electron chi connectivity index (χ3n) is 6.76. The van der Waals surface area contributed by atoms with Crippen LogP contribution < -0.4 is 4.74 Å². The van der Waals surface area contributed by atoms with Crippen LogP contribution in [0, 0.1) is 0 Å². The number of rotatable bonds is 9. The Bertz CT molecular complexity index is 1290. The Morgan fingerprint density at radius 1 is 1.14 bits per heavy atom. The maximum absolute atomic E-state index is 12.9. The van der Waals surface area contributed by atoms with Gasteiger partial charge >= 0.3 is 0 Å². The molecule has 2 aromatic heterocycles. The van der Waals surface area contributed by atoms with Crippen molar-refractivity contribution in [3.8, 4) is 5.75 Å². The van der Waals surface area contributed by atoms with Crippen molar-refractivity contribution >= 4 is 28.1 Å². The van der Waals surface area contributed by atoms with Crippen molar-refractivity contribution in [3.63, 3.8) is 0 Å². The smallest absolute Gasteiger partial charge is 0.265 e. The Kier molecular flexibility index (Phi) is 7.88. The fraction of sp³-hybridized carbons (Fsp3) is 0.345. The van der Waals surface area contributed by atoms with Gasteiger partial charge in [-0.2, -0.15) is 0 Å². The summed E-state index contributed by atoms with van der Waals surface area (Å²) in [6.07, 6.45) is 7.62. The normalized spacial score (nSPS) is 15.9. The first-order valence-electron chi connectivity index (χ1n) is 12.6. The quantitative estimate of drug-likeness (QED) is 0.291. The summed E-state index contributed by atoms with van der Waals surface area (Å²) in [4.78, 5) is 26.6. The van der Waals surface area contributed by atoms with E-state index in [0.29, 0.717) is 6.61 Å². The molecule has 1 amide bonds. The number of carbonyl (C=O) groups is 1. The van der Waals surface area contributed by atoms with Crippen LogP contribution in [0.4, 0.5) is 0 Å². The van der Waals surface area contributed by atoms with E-state index in [-0.39, 0.29) is 11.9 Å². The number of fused-ring (bicyclic) bond motifs is 1. The van der Waals surface area contributed by atoms with E-state index in [4.69, 9.17) is 4.74 Å². The lowest BCUT2D eigenvalue weighted by Crippen LogP contribution is -2.44. The monoisotopic (exact) mass is 500 g/mol. The van der Waals surface area contributed by atoms with Crippen LogP contribution in [0.25, 0.3) is 10.9 Å². The molecule has 1 aliphatic heterocycles. The highest BCUT2D eigenvalue weighted by Crippen LogP contribution is 2.24. The molecule has 6 nitrogen and oxygen atoms in total. The minimum absolute atomic E-state index is 0.105. The minimum Gasteiger partial charge on any atom is -0.494 e. The molecule has 0 bridgehead atoms. The second-order valence-corrected chi connectivity index (χ2v) is 10.3. The molecule has 0 N–H and O–H groups in total. The number of carbonyl (C=O) groups excluding carboxylic acids is 1. The zero-order chi connectivity index (χ0) is 24.7. The fourth-order valence-electron chi connectivity index (χ4n) is 5.03. The number of thiazole rings is 1. The molecule has 3 heterocycles. The second-order valence-electron chi connectivity index (χ2n) is 9.46. The van der Waals surface area contributed by atoms with Crippen molar-refractivity contribution in [2.45, 2.75) is 44.8 Å². The maximum atomic E-state index is 12.9. The first-order chi connectivity index (χ1) is 17.7. The fourth-order valence-corrected chi connectivity index (χ4v) is 5.61. The molecule has 0 radical (unpaired) electrons. The molecule has 0 saturated carbocycles. The highest BCUT2D eigenvalue weighted by Gasteiger charge is 2.28. The van der Waals surface area contributed by atoms with Crippen molar-refractivity contribution in [2.24, 2.45) is 0 Å². The number of para-hydroxylation sites is 1. The predicted molar refractivity (Wildman–Crippen MR) is 144 cm³/mol. The summed E-state index contributed by atoms with van der Waals surface area (Å²) in [6, 6.07) is 19.0. The van der Waals surface area contributed by atoms with Crippen molar-refractivity contribution in [1.29, 1.82) is 0 Å². The van der Waals surface area contributed by atoms with E-state index in [2.05, 4.69) is 64.4 Å². The maximum Gasteiger partial charge on any atom is 0.265 e. The van der Waals surface area contributed by atoms with E-state index >= 15 is 0 Å². The number of amides is 1. The average Bonchev–Trinajstić information content (AvgIpc) is 3.44. The van der Waals surface area contributed by atoms with Gasteiger partial charge in [-0.15, -0.1) is 11.3 Å². The second kappa shape index (κ2) is 11.6. The summed E-state index contributed by atoms with van der Waals surface area (Å²) in [7, 11) is 2.13. The lowest BCUT2D eigenvalue weighted by molar-refractivity contribution is 0.0585. The molecule has 5 rings (SSSR count). The van der Waals surface area contributed by atoms with Gasteiger partial charge in [-0.05, 0) is 55.6 Å². The number of benzene rings is 2. The van der Waals surface area contributed by atoms with E-state index in [9.17, 15) is 4.79 Å². The Hall–Kier alpha value is -3.29. The van der Waals surface area contributed by atoms with Crippen molar-refractivity contribution in [2.75, 3.05) is 20.2 Å². The standard InChI is InChI=1S/C29H32N4O2S/c1-32(20-24-9-5-8-23-10-6-14-31-28(23)24)19-22-7-4-12-26(17-22)35-16-13-25-11-2-3-15-33(25)29(34)27-18-30-21-36-27/h4-10,12,14,17-18,21,25H,2-3,11,13,15-16,19-20H2,1H3/t25-/m0/s1. The number of ether oxygens (including phenoxy) is 1. The van der Waals surface area contributed by atoms with Gasteiger partial charge in [-0.1, -0.05) is 36.4 Å². The molecule has 7 heteroatoms. The summed E-state index contributed by atoms with van der Waals surface area (Å²) in [5.41, 5.74) is 5.23. The van der Waals surface area contributed by atoms with Crippen LogP contribution in [0.5, 0.6) is 5.75 Å². The van der Waals surface area contributed by atoms with Gasteiger partial charge in [0.15, 0.2) is 0 Å². The highest BCUT2D eigenvalue weighted by atomic mass is 32.1. The summed E-state index contributed by atoms with van der Waals surface area (Å²) >= 11 is 1.41. The van der Waals surface area contributed by atoms with Gasteiger partial charge < -0.3 is 9.64 Å². The van der Waals surface area contributed by atoms with Gasteiger partial charge in [0.25, 0.3) is 5.91 Å². The van der Waals surface area contributed by atoms with Gasteiger partial charge in [-0.3, -0.25) is 19.7 Å². The molecule has 1 saturated heterocycles. The zero-order valence-electron chi connectivity index (χ0n) is 20.7. The summed E-state index contributed by atoms with van der Waals surface area (Å²) in [5.74, 6) is 0.984. The Morgan fingerprint density at radius 2 is 2.03 bits per heavy atom. The number of nitrogens with zero attached hydrogens (tertiary/aromatic N) is 4. The van der Waals surface area contributed by atoms with E-state index in [0.717, 1.165) is 61.5 Å². The molecule has 0 aliphatic carbocycles. The molecule has 0 spiro atoms. The van der Waals surface area contributed by atoms with E-state index < -0.39 is 0 Å². The zero-order valence-corrected chi connectivity index (χ0v) is 21.5. The molecular weight excluding hydrogens is 468 g/mol. The van der Waals surface area contributed by atoms with E-state index in [1.807, 2.05) is 23.2 Å². The topological polar surface area (TPSA) is 58.6 Å². The van der Waals surface area contributed by atoms with Crippen LogP contribution in [-0.2, 0) is 13.1 Å². The van der Waals surface area contributed by atoms with Crippen molar-refractivity contribution in [3.05, 3.63) is 88.5 Å². The SMILES string of the molecule is CN(Cc1cccc(OCC[C@@H]2CCCCN2C(=O)c2cncs2)c1)Cc1cccc2cccnc12. The van der Waals surface area contributed by atoms with Crippen LogP contribution >= 0.6 is 11.3 Å². The number of likely N-dealkylation sites (tertiary alicyclic amines) is 1. The lowest BCUT2D eigenvalue weighted by atomic mass is 9.99. The lowest BCUT2D eigenvalue weighted by Gasteiger charge is -2.35. The number of hydrogen-bond acceptors (Lipinski definition) is 6. The summed E-state index contributed by atoms with van der Waals surface area (Å²) < 4.78 is 6.15. The van der Waals surface area contributed by atoms with Crippen LogP contribution in [0.15, 0.2) is 72.5 Å². The molecule has 186 valence electrons. The van der Waals surface area contributed by atoms with E-state index in [1.54, 1.807) is 11.7 Å². The van der Waals surface area contributed by atoms with Gasteiger partial charge in [0, 0.05) is 43.7 Å². The van der Waals surface area contributed by atoms with Crippen LogP contribution in [0.3, 0.4) is 0 Å². The van der Waals surface area contributed by atoms with Crippen molar-refractivity contribution in [1.82, 2.24) is 19.8 Å². The molecular formula is C29H32N4O2S. The molecule has 4 aromatic rings. The molecule has 1 aliphatic rings. The molecule has 36 heavy (non-hydrogen) atoms. The summed E-state index contributed by atoms with van der Waals surface area (Å²) in [5, 5.41) is 1.17. The third kappa shape index (κ3) is 5.91. The van der Waals surface area contributed by atoms with Crippen LogP contribution in [0.2, 0.25) is 0 Å². The Balaban J connectivity index is 1.15. The van der Waals surface area contributed by atoms with Crippen LogP contribution in [0.1, 0.15) is 46.5 Å². The Morgan fingerprint density at radius 3 is 2.92 bits per heavy atom. The number of piperidine rings is 1. The first-order valence-corrected chi connectivity index (χ1v) is 13.5. The largest absolute Gasteiger partial charge is 0.494 e. The molecule has 2 aromatic carbocycles. The van der Waals surface area contributed by atoms with E-state index in [1.165, 1.54) is 27.8 Å². The average molecular weight is 501 g/mol. The molecule has 1 atom stereocenters. The van der Waals surface area contributed by atoms with Gasteiger partial charge in [0.1, 0.15) is 10.6 Å². The molecule has 1 fully saturated rings. The van der Waals surface area contributed by atoms with Gasteiger partial charge in [0.05, 0.1) is 23.8 Å². The molecule has 0 unspecified atom stereocenters. The first kappa shape index (κ1) is 24.4. The number of aromatic nitrogens is 2. The van der Waals surface area contributed by atoms with Crippen molar-refractivity contribution < 1.29 is 9.53 Å². The summed E-state index contributed by atoms with van der Waals surface area (Å²) in [6.45, 7) is 3.05. The number of hydrogen-bond donors (Lipinski definition) is 0. The minimum atomic E-state index is 0.105. The van der Waals surface area contributed by atoms with Crippen LogP contribution in [-0.4, -0.2) is 51.9 Å². The van der Waals surface area contributed by atoms with Gasteiger partial charge in [-0.25, -0.2) is 0 Å².